The maximum atomic E-state index is 12.1. The number of carbonyl (C=O) groups excluding carboxylic acids is 1. The summed E-state index contributed by atoms with van der Waals surface area (Å²) in [6, 6.07) is 8.32. The van der Waals surface area contributed by atoms with Gasteiger partial charge in [0, 0.05) is 45.0 Å². The lowest BCUT2D eigenvalue weighted by Gasteiger charge is -2.36. The van der Waals surface area contributed by atoms with Gasteiger partial charge in [0.25, 0.3) is 0 Å². The number of aryl methyl sites for hydroxylation is 1. The Hall–Kier alpha value is -2.41. The quantitative estimate of drug-likeness (QED) is 0.851. The third kappa shape index (κ3) is 4.57. The van der Waals surface area contributed by atoms with Crippen LogP contribution < -0.4 is 10.2 Å². The van der Waals surface area contributed by atoms with E-state index in [-0.39, 0.29) is 11.9 Å². The highest BCUT2D eigenvalue weighted by Gasteiger charge is 2.18. The molecular formula is C18H26N6O. The van der Waals surface area contributed by atoms with Crippen molar-refractivity contribution in [2.45, 2.75) is 19.9 Å². The second-order valence-electron chi connectivity index (χ2n) is 6.51. The summed E-state index contributed by atoms with van der Waals surface area (Å²) in [6.45, 7) is 9.55. The van der Waals surface area contributed by atoms with Crippen LogP contribution in [0, 0.1) is 6.92 Å². The zero-order valence-electron chi connectivity index (χ0n) is 14.9. The van der Waals surface area contributed by atoms with E-state index in [4.69, 9.17) is 0 Å². The van der Waals surface area contributed by atoms with Crippen LogP contribution in [0.3, 0.4) is 0 Å². The Kier molecular flexibility index (Phi) is 5.65. The van der Waals surface area contributed by atoms with Gasteiger partial charge in [0.1, 0.15) is 18.7 Å². The summed E-state index contributed by atoms with van der Waals surface area (Å²) < 4.78 is 1.57. The van der Waals surface area contributed by atoms with Crippen LogP contribution in [0.2, 0.25) is 0 Å². The molecule has 3 rings (SSSR count). The predicted molar refractivity (Wildman–Crippen MR) is 97.6 cm³/mol. The largest absolute Gasteiger partial charge is 0.369 e. The Labute approximate surface area is 148 Å². The molecule has 25 heavy (non-hydrogen) atoms. The number of aromatic nitrogens is 3. The normalized spacial score (nSPS) is 16.6. The van der Waals surface area contributed by atoms with Crippen molar-refractivity contribution in [1.29, 1.82) is 0 Å². The average molecular weight is 342 g/mol. The van der Waals surface area contributed by atoms with Gasteiger partial charge < -0.3 is 10.2 Å². The molecule has 0 spiro atoms. The van der Waals surface area contributed by atoms with Crippen molar-refractivity contribution in [3.8, 4) is 0 Å². The summed E-state index contributed by atoms with van der Waals surface area (Å²) >= 11 is 0. The molecule has 2 aromatic rings. The number of nitrogens with zero attached hydrogens (tertiary/aromatic N) is 5. The molecule has 0 aliphatic carbocycles. The van der Waals surface area contributed by atoms with Crippen LogP contribution in [0.15, 0.2) is 36.9 Å². The molecule has 134 valence electrons. The Morgan fingerprint density at radius 3 is 2.76 bits per heavy atom. The van der Waals surface area contributed by atoms with Crippen molar-refractivity contribution in [3.05, 3.63) is 42.5 Å². The first-order chi connectivity index (χ1) is 12.1. The van der Waals surface area contributed by atoms with Crippen LogP contribution in [-0.2, 0) is 4.79 Å². The van der Waals surface area contributed by atoms with E-state index in [1.807, 2.05) is 6.92 Å². The van der Waals surface area contributed by atoms with E-state index >= 15 is 0 Å². The van der Waals surface area contributed by atoms with Crippen LogP contribution in [0.1, 0.15) is 18.5 Å². The summed E-state index contributed by atoms with van der Waals surface area (Å²) in [5.74, 6) is -0.0242. The molecule has 1 aliphatic heterocycles. The van der Waals surface area contributed by atoms with Crippen LogP contribution in [-0.4, -0.2) is 64.8 Å². The zero-order valence-corrected chi connectivity index (χ0v) is 14.9. The lowest BCUT2D eigenvalue weighted by Crippen LogP contribution is -2.48. The second-order valence-corrected chi connectivity index (χ2v) is 6.51. The zero-order chi connectivity index (χ0) is 17.6. The summed E-state index contributed by atoms with van der Waals surface area (Å²) in [5.41, 5.74) is 2.60. The Morgan fingerprint density at radius 1 is 1.28 bits per heavy atom. The molecule has 0 bridgehead atoms. The van der Waals surface area contributed by atoms with Crippen LogP contribution in [0.25, 0.3) is 0 Å². The van der Waals surface area contributed by atoms with Crippen LogP contribution in [0.4, 0.5) is 5.69 Å². The smallest absolute Gasteiger partial charge is 0.244 e. The standard InChI is InChI=1S/C18H26N6O/c1-15-4-3-5-17(12-15)23-10-8-22(9-11-23)7-6-20-18(25)16(2)24-14-19-13-21-24/h3-5,12-14,16H,6-11H2,1-2H3,(H,20,25)/t16-/m1/s1. The minimum absolute atomic E-state index is 0.0242. The van der Waals surface area contributed by atoms with E-state index in [9.17, 15) is 4.79 Å². The predicted octanol–water partition coefficient (Wildman–Crippen LogP) is 1.09. The third-order valence-corrected chi connectivity index (χ3v) is 4.68. The van der Waals surface area contributed by atoms with E-state index in [1.165, 1.54) is 17.6 Å². The number of benzene rings is 1. The number of hydrogen-bond donors (Lipinski definition) is 1. The molecule has 1 aliphatic rings. The van der Waals surface area contributed by atoms with E-state index < -0.39 is 0 Å². The summed E-state index contributed by atoms with van der Waals surface area (Å²) in [4.78, 5) is 20.8. The van der Waals surface area contributed by atoms with Crippen molar-refractivity contribution < 1.29 is 4.79 Å². The van der Waals surface area contributed by atoms with Crippen molar-refractivity contribution in [3.63, 3.8) is 0 Å². The fraction of sp³-hybridized carbons (Fsp3) is 0.500. The van der Waals surface area contributed by atoms with Crippen molar-refractivity contribution in [1.82, 2.24) is 25.0 Å². The fourth-order valence-corrected chi connectivity index (χ4v) is 3.08. The highest BCUT2D eigenvalue weighted by Crippen LogP contribution is 2.17. The molecule has 1 aromatic carbocycles. The number of rotatable bonds is 6. The minimum Gasteiger partial charge on any atom is -0.369 e. The average Bonchev–Trinajstić information content (AvgIpc) is 3.16. The molecule has 7 heteroatoms. The second kappa shape index (κ2) is 8.11. The van der Waals surface area contributed by atoms with E-state index in [1.54, 1.807) is 11.0 Å². The molecular weight excluding hydrogens is 316 g/mol. The summed E-state index contributed by atoms with van der Waals surface area (Å²) in [5, 5.41) is 6.99. The highest BCUT2D eigenvalue weighted by atomic mass is 16.2. The molecule has 2 heterocycles. The first-order valence-electron chi connectivity index (χ1n) is 8.79. The molecule has 1 atom stereocenters. The van der Waals surface area contributed by atoms with Gasteiger partial charge in [0.2, 0.25) is 5.91 Å². The van der Waals surface area contributed by atoms with Gasteiger partial charge in [0.05, 0.1) is 0 Å². The van der Waals surface area contributed by atoms with E-state index in [0.29, 0.717) is 6.54 Å². The van der Waals surface area contributed by atoms with Crippen molar-refractivity contribution in [2.24, 2.45) is 0 Å². The fourth-order valence-electron chi connectivity index (χ4n) is 3.08. The molecule has 1 N–H and O–H groups in total. The van der Waals surface area contributed by atoms with Crippen LogP contribution in [0.5, 0.6) is 0 Å². The topological polar surface area (TPSA) is 66.3 Å². The molecule has 7 nitrogen and oxygen atoms in total. The summed E-state index contributed by atoms with van der Waals surface area (Å²) in [6.07, 6.45) is 3.01. The monoisotopic (exact) mass is 342 g/mol. The lowest BCUT2D eigenvalue weighted by atomic mass is 10.2. The number of nitrogens with one attached hydrogen (secondary N) is 1. The molecule has 1 amide bonds. The van der Waals surface area contributed by atoms with Gasteiger partial charge in [-0.3, -0.25) is 9.69 Å². The number of anilines is 1. The summed E-state index contributed by atoms with van der Waals surface area (Å²) in [7, 11) is 0. The van der Waals surface area contributed by atoms with E-state index in [2.05, 4.69) is 56.4 Å². The number of amides is 1. The SMILES string of the molecule is Cc1cccc(N2CCN(CCNC(=O)[C@@H](C)n3cncn3)CC2)c1. The number of piperazine rings is 1. The van der Waals surface area contributed by atoms with Gasteiger partial charge in [-0.1, -0.05) is 12.1 Å². The van der Waals surface area contributed by atoms with Gasteiger partial charge in [-0.15, -0.1) is 0 Å². The molecule has 0 unspecified atom stereocenters. The van der Waals surface area contributed by atoms with Gasteiger partial charge in [-0.05, 0) is 31.5 Å². The Bertz CT molecular complexity index is 679. The highest BCUT2D eigenvalue weighted by molar-refractivity contribution is 5.79. The lowest BCUT2D eigenvalue weighted by molar-refractivity contribution is -0.124. The van der Waals surface area contributed by atoms with Crippen LogP contribution >= 0.6 is 0 Å². The van der Waals surface area contributed by atoms with Gasteiger partial charge in [0.15, 0.2) is 0 Å². The molecule has 1 aromatic heterocycles. The van der Waals surface area contributed by atoms with Crippen molar-refractivity contribution in [2.75, 3.05) is 44.2 Å². The Balaban J connectivity index is 1.39. The third-order valence-electron chi connectivity index (χ3n) is 4.68. The van der Waals surface area contributed by atoms with Gasteiger partial charge in [-0.25, -0.2) is 9.67 Å². The van der Waals surface area contributed by atoms with Gasteiger partial charge >= 0.3 is 0 Å². The van der Waals surface area contributed by atoms with Gasteiger partial charge in [-0.2, -0.15) is 5.10 Å². The number of hydrogen-bond acceptors (Lipinski definition) is 5. The Morgan fingerprint density at radius 2 is 2.08 bits per heavy atom. The molecule has 1 fully saturated rings. The number of carbonyl (C=O) groups is 1. The van der Waals surface area contributed by atoms with E-state index in [0.717, 1.165) is 32.7 Å². The molecule has 0 radical (unpaired) electrons. The molecule has 0 saturated carbocycles. The first kappa shape index (κ1) is 17.4. The minimum atomic E-state index is -0.333. The van der Waals surface area contributed by atoms with Crippen molar-refractivity contribution >= 4 is 11.6 Å². The first-order valence-corrected chi connectivity index (χ1v) is 8.79. The maximum Gasteiger partial charge on any atom is 0.244 e. The molecule has 1 saturated heterocycles. The maximum absolute atomic E-state index is 12.1.